The van der Waals surface area contributed by atoms with Crippen molar-refractivity contribution in [3.8, 4) is 5.75 Å². The zero-order valence-electron chi connectivity index (χ0n) is 12.3. The van der Waals surface area contributed by atoms with Gasteiger partial charge in [0.15, 0.2) is 0 Å². The van der Waals surface area contributed by atoms with Crippen molar-refractivity contribution in [2.45, 2.75) is 6.42 Å². The van der Waals surface area contributed by atoms with Gasteiger partial charge in [-0.05, 0) is 31.2 Å². The van der Waals surface area contributed by atoms with E-state index in [2.05, 4.69) is 29.4 Å². The Kier molecular flexibility index (Phi) is 8.21. The van der Waals surface area contributed by atoms with Crippen LogP contribution in [0.2, 0.25) is 0 Å². The van der Waals surface area contributed by atoms with E-state index >= 15 is 0 Å². The zero-order valence-corrected chi connectivity index (χ0v) is 12.3. The first-order valence-electron chi connectivity index (χ1n) is 6.77. The van der Waals surface area contributed by atoms with Gasteiger partial charge >= 0.3 is 0 Å². The molecule has 0 saturated carbocycles. The van der Waals surface area contributed by atoms with Gasteiger partial charge in [-0.3, -0.25) is 0 Å². The lowest BCUT2D eigenvalue weighted by molar-refractivity contribution is 0.198. The van der Waals surface area contributed by atoms with Crippen LogP contribution in [-0.2, 0) is 11.2 Å². The molecule has 0 bridgehead atoms. The lowest BCUT2D eigenvalue weighted by atomic mass is 10.1. The molecule has 0 radical (unpaired) electrons. The molecular weight excluding hydrogens is 240 g/mol. The SMILES string of the molecule is COCCNCCN(C)CCc1cccc(OC)c1. The Labute approximate surface area is 116 Å². The molecule has 1 rings (SSSR count). The minimum absolute atomic E-state index is 0.771. The minimum Gasteiger partial charge on any atom is -0.497 e. The highest BCUT2D eigenvalue weighted by Gasteiger charge is 2.00. The van der Waals surface area contributed by atoms with Crippen LogP contribution in [0.4, 0.5) is 0 Å². The van der Waals surface area contributed by atoms with Crippen LogP contribution in [0.1, 0.15) is 5.56 Å². The number of likely N-dealkylation sites (N-methyl/N-ethyl adjacent to an activating group) is 1. The summed E-state index contributed by atoms with van der Waals surface area (Å²) >= 11 is 0. The van der Waals surface area contributed by atoms with Gasteiger partial charge in [0.05, 0.1) is 13.7 Å². The standard InChI is InChI=1S/C15H26N2O2/c1-17(11-8-16-9-12-18-2)10-7-14-5-4-6-15(13-14)19-3/h4-6,13,16H,7-12H2,1-3H3. The number of methoxy groups -OCH3 is 2. The number of nitrogens with zero attached hydrogens (tertiary/aromatic N) is 1. The molecule has 0 atom stereocenters. The van der Waals surface area contributed by atoms with E-state index in [4.69, 9.17) is 9.47 Å². The van der Waals surface area contributed by atoms with Gasteiger partial charge in [0.25, 0.3) is 0 Å². The Morgan fingerprint density at radius 3 is 2.74 bits per heavy atom. The van der Waals surface area contributed by atoms with Gasteiger partial charge < -0.3 is 19.7 Å². The van der Waals surface area contributed by atoms with E-state index in [-0.39, 0.29) is 0 Å². The van der Waals surface area contributed by atoms with Crippen LogP contribution in [0, 0.1) is 0 Å². The average molecular weight is 266 g/mol. The molecule has 0 aliphatic rings. The molecular formula is C15H26N2O2. The fourth-order valence-electron chi connectivity index (χ4n) is 1.83. The van der Waals surface area contributed by atoms with E-state index in [0.29, 0.717) is 0 Å². The fraction of sp³-hybridized carbons (Fsp3) is 0.600. The second-order valence-corrected chi connectivity index (χ2v) is 4.65. The van der Waals surface area contributed by atoms with E-state index in [1.807, 2.05) is 12.1 Å². The molecule has 0 heterocycles. The third-order valence-electron chi connectivity index (χ3n) is 3.07. The van der Waals surface area contributed by atoms with Crippen LogP contribution in [0.15, 0.2) is 24.3 Å². The first-order chi connectivity index (χ1) is 9.26. The second-order valence-electron chi connectivity index (χ2n) is 4.65. The predicted octanol–water partition coefficient (Wildman–Crippen LogP) is 1.41. The van der Waals surface area contributed by atoms with Crippen LogP contribution in [0.25, 0.3) is 0 Å². The molecule has 0 amide bonds. The number of benzene rings is 1. The topological polar surface area (TPSA) is 33.7 Å². The fourth-order valence-corrected chi connectivity index (χ4v) is 1.83. The third-order valence-corrected chi connectivity index (χ3v) is 3.07. The molecule has 0 fully saturated rings. The summed E-state index contributed by atoms with van der Waals surface area (Å²) in [5.74, 6) is 0.932. The summed E-state index contributed by atoms with van der Waals surface area (Å²) in [5.41, 5.74) is 1.32. The summed E-state index contributed by atoms with van der Waals surface area (Å²) in [5, 5.41) is 3.35. The van der Waals surface area contributed by atoms with E-state index in [9.17, 15) is 0 Å². The van der Waals surface area contributed by atoms with Gasteiger partial charge in [0.1, 0.15) is 5.75 Å². The second kappa shape index (κ2) is 9.78. The smallest absolute Gasteiger partial charge is 0.119 e. The van der Waals surface area contributed by atoms with E-state index in [1.54, 1.807) is 14.2 Å². The van der Waals surface area contributed by atoms with Crippen molar-refractivity contribution in [3.05, 3.63) is 29.8 Å². The molecule has 4 nitrogen and oxygen atoms in total. The summed E-state index contributed by atoms with van der Waals surface area (Å²) in [6.07, 6.45) is 1.05. The van der Waals surface area contributed by atoms with Crippen molar-refractivity contribution < 1.29 is 9.47 Å². The average Bonchev–Trinajstić information content (AvgIpc) is 2.45. The van der Waals surface area contributed by atoms with Crippen molar-refractivity contribution in [2.24, 2.45) is 0 Å². The Bertz CT molecular complexity index is 345. The first-order valence-corrected chi connectivity index (χ1v) is 6.77. The largest absolute Gasteiger partial charge is 0.497 e. The van der Waals surface area contributed by atoms with Gasteiger partial charge in [-0.2, -0.15) is 0 Å². The maximum atomic E-state index is 5.23. The van der Waals surface area contributed by atoms with Crippen LogP contribution in [-0.4, -0.2) is 59.0 Å². The minimum atomic E-state index is 0.771. The van der Waals surface area contributed by atoms with Gasteiger partial charge in [-0.15, -0.1) is 0 Å². The van der Waals surface area contributed by atoms with E-state index in [0.717, 1.165) is 45.0 Å². The maximum Gasteiger partial charge on any atom is 0.119 e. The van der Waals surface area contributed by atoms with E-state index in [1.165, 1.54) is 5.56 Å². The summed E-state index contributed by atoms with van der Waals surface area (Å²) in [6.45, 7) is 4.79. The summed E-state index contributed by atoms with van der Waals surface area (Å²) in [7, 11) is 5.58. The highest BCUT2D eigenvalue weighted by molar-refractivity contribution is 5.28. The quantitative estimate of drug-likeness (QED) is 0.649. The predicted molar refractivity (Wildman–Crippen MR) is 78.9 cm³/mol. The molecule has 108 valence electrons. The Hall–Kier alpha value is -1.10. The van der Waals surface area contributed by atoms with Crippen LogP contribution < -0.4 is 10.1 Å². The van der Waals surface area contributed by atoms with Gasteiger partial charge in [-0.25, -0.2) is 0 Å². The molecule has 0 saturated heterocycles. The van der Waals surface area contributed by atoms with Gasteiger partial charge in [0, 0.05) is 33.3 Å². The molecule has 0 aliphatic carbocycles. The van der Waals surface area contributed by atoms with Crippen molar-refractivity contribution in [2.75, 3.05) is 54.1 Å². The van der Waals surface area contributed by atoms with Crippen molar-refractivity contribution in [3.63, 3.8) is 0 Å². The molecule has 0 aliphatic heterocycles. The van der Waals surface area contributed by atoms with Gasteiger partial charge in [0.2, 0.25) is 0 Å². The summed E-state index contributed by atoms with van der Waals surface area (Å²) in [6, 6.07) is 8.27. The summed E-state index contributed by atoms with van der Waals surface area (Å²) < 4.78 is 10.2. The van der Waals surface area contributed by atoms with Crippen LogP contribution in [0.3, 0.4) is 0 Å². The highest BCUT2D eigenvalue weighted by Crippen LogP contribution is 2.12. The third kappa shape index (κ3) is 7.15. The molecule has 1 aromatic carbocycles. The lowest BCUT2D eigenvalue weighted by Crippen LogP contribution is -2.32. The Morgan fingerprint density at radius 2 is 2.00 bits per heavy atom. The number of ether oxygens (including phenoxy) is 2. The summed E-state index contributed by atoms with van der Waals surface area (Å²) in [4.78, 5) is 2.33. The Balaban J connectivity index is 2.16. The highest BCUT2D eigenvalue weighted by atomic mass is 16.5. The first kappa shape index (κ1) is 16.0. The van der Waals surface area contributed by atoms with Gasteiger partial charge in [-0.1, -0.05) is 12.1 Å². The molecule has 1 N–H and O–H groups in total. The normalized spacial score (nSPS) is 10.9. The number of nitrogens with one attached hydrogen (secondary N) is 1. The number of hydrogen-bond donors (Lipinski definition) is 1. The lowest BCUT2D eigenvalue weighted by Gasteiger charge is -2.17. The molecule has 0 unspecified atom stereocenters. The zero-order chi connectivity index (χ0) is 13.9. The molecule has 1 aromatic rings. The molecule has 0 aromatic heterocycles. The van der Waals surface area contributed by atoms with E-state index < -0.39 is 0 Å². The maximum absolute atomic E-state index is 5.23. The van der Waals surface area contributed by atoms with Crippen molar-refractivity contribution in [1.29, 1.82) is 0 Å². The monoisotopic (exact) mass is 266 g/mol. The number of hydrogen-bond acceptors (Lipinski definition) is 4. The van der Waals surface area contributed by atoms with Crippen LogP contribution in [0.5, 0.6) is 5.75 Å². The number of rotatable bonds is 10. The van der Waals surface area contributed by atoms with Crippen molar-refractivity contribution in [1.82, 2.24) is 10.2 Å². The van der Waals surface area contributed by atoms with Crippen molar-refractivity contribution >= 4 is 0 Å². The molecule has 19 heavy (non-hydrogen) atoms. The van der Waals surface area contributed by atoms with Crippen LogP contribution >= 0.6 is 0 Å². The molecule has 4 heteroatoms. The Morgan fingerprint density at radius 1 is 1.16 bits per heavy atom. The molecule has 0 spiro atoms.